The summed E-state index contributed by atoms with van der Waals surface area (Å²) in [6, 6.07) is 0. The Morgan fingerprint density at radius 1 is 1.04 bits per heavy atom. The Bertz CT molecular complexity index is 729. The molecule has 128 valence electrons. The highest BCUT2D eigenvalue weighted by Gasteiger charge is 2.33. The average molecular weight is 328 g/mol. The summed E-state index contributed by atoms with van der Waals surface area (Å²) in [5.74, 6) is 5.54. The van der Waals surface area contributed by atoms with Crippen molar-refractivity contribution in [3.63, 3.8) is 0 Å². The number of aromatic nitrogens is 5. The third-order valence-electron chi connectivity index (χ3n) is 5.56. The highest BCUT2D eigenvalue weighted by atomic mass is 16.5. The van der Waals surface area contributed by atoms with Crippen LogP contribution in [0.15, 0.2) is 4.52 Å². The topological polar surface area (TPSA) is 72.9 Å². The fourth-order valence-electron chi connectivity index (χ4n) is 3.73. The maximum atomic E-state index is 5.44. The number of piperidine rings is 1. The van der Waals surface area contributed by atoms with Gasteiger partial charge in [0.1, 0.15) is 11.6 Å². The summed E-state index contributed by atoms with van der Waals surface area (Å²) in [6.45, 7) is 2.95. The van der Waals surface area contributed by atoms with Gasteiger partial charge in [-0.05, 0) is 45.1 Å². The van der Waals surface area contributed by atoms with E-state index in [4.69, 9.17) is 4.52 Å². The molecule has 0 radical (unpaired) electrons. The molecule has 2 aromatic rings. The van der Waals surface area contributed by atoms with Crippen molar-refractivity contribution in [3.05, 3.63) is 23.4 Å². The number of likely N-dealkylation sites (tertiary alicyclic amines) is 1. The molecule has 5 rings (SSSR count). The van der Waals surface area contributed by atoms with E-state index in [0.29, 0.717) is 17.8 Å². The molecule has 0 N–H and O–H groups in total. The molecule has 24 heavy (non-hydrogen) atoms. The minimum Gasteiger partial charge on any atom is -0.339 e. The van der Waals surface area contributed by atoms with Crippen LogP contribution >= 0.6 is 0 Å². The van der Waals surface area contributed by atoms with E-state index in [1.807, 2.05) is 0 Å². The van der Waals surface area contributed by atoms with Crippen molar-refractivity contribution in [1.29, 1.82) is 0 Å². The molecule has 0 amide bonds. The highest BCUT2D eigenvalue weighted by molar-refractivity contribution is 5.09. The van der Waals surface area contributed by atoms with Gasteiger partial charge in [0.15, 0.2) is 5.82 Å². The molecule has 7 heteroatoms. The molecule has 3 aliphatic rings. The first-order valence-corrected chi connectivity index (χ1v) is 9.22. The molecule has 0 bridgehead atoms. The van der Waals surface area contributed by atoms with Gasteiger partial charge in [-0.3, -0.25) is 4.90 Å². The van der Waals surface area contributed by atoms with Crippen molar-refractivity contribution < 1.29 is 4.52 Å². The summed E-state index contributed by atoms with van der Waals surface area (Å²) in [7, 11) is 2.10. The molecule has 3 heterocycles. The number of rotatable bonds is 5. The first-order chi connectivity index (χ1) is 11.8. The van der Waals surface area contributed by atoms with Gasteiger partial charge in [-0.25, -0.2) is 0 Å². The van der Waals surface area contributed by atoms with Gasteiger partial charge in [0, 0.05) is 31.3 Å². The van der Waals surface area contributed by atoms with Gasteiger partial charge in [0.05, 0.1) is 6.54 Å². The lowest BCUT2D eigenvalue weighted by Crippen LogP contribution is -2.35. The van der Waals surface area contributed by atoms with Crippen LogP contribution in [0.5, 0.6) is 0 Å². The maximum absolute atomic E-state index is 5.44. The predicted molar refractivity (Wildman–Crippen MR) is 86.5 cm³/mol. The third kappa shape index (κ3) is 2.75. The van der Waals surface area contributed by atoms with Crippen LogP contribution in [0.2, 0.25) is 0 Å². The van der Waals surface area contributed by atoms with Gasteiger partial charge in [0.25, 0.3) is 0 Å². The predicted octanol–water partition coefficient (Wildman–Crippen LogP) is 2.33. The molecule has 2 aromatic heterocycles. The summed E-state index contributed by atoms with van der Waals surface area (Å²) in [4.78, 5) is 7.11. The van der Waals surface area contributed by atoms with E-state index in [-0.39, 0.29) is 0 Å². The summed E-state index contributed by atoms with van der Waals surface area (Å²) < 4.78 is 7.64. The Labute approximate surface area is 141 Å². The van der Waals surface area contributed by atoms with E-state index >= 15 is 0 Å². The molecule has 0 aromatic carbocycles. The van der Waals surface area contributed by atoms with Crippen LogP contribution < -0.4 is 0 Å². The zero-order valence-corrected chi connectivity index (χ0v) is 14.2. The lowest BCUT2D eigenvalue weighted by Gasteiger charge is -2.30. The van der Waals surface area contributed by atoms with E-state index in [2.05, 4.69) is 36.9 Å². The van der Waals surface area contributed by atoms with E-state index < -0.39 is 0 Å². The van der Waals surface area contributed by atoms with Gasteiger partial charge in [0.2, 0.25) is 5.89 Å². The first-order valence-electron chi connectivity index (χ1n) is 9.22. The molecule has 1 aliphatic heterocycles. The summed E-state index contributed by atoms with van der Waals surface area (Å²) in [6.07, 6.45) is 7.25. The Morgan fingerprint density at radius 2 is 1.88 bits per heavy atom. The Kier molecular flexibility index (Phi) is 3.43. The Hall–Kier alpha value is -1.76. The molecule has 0 spiro atoms. The van der Waals surface area contributed by atoms with Crippen LogP contribution in [0, 0.1) is 0 Å². The zero-order chi connectivity index (χ0) is 16.1. The molecular weight excluding hydrogens is 304 g/mol. The van der Waals surface area contributed by atoms with E-state index in [1.54, 1.807) is 0 Å². The second-order valence-corrected chi connectivity index (χ2v) is 7.65. The van der Waals surface area contributed by atoms with Gasteiger partial charge >= 0.3 is 0 Å². The molecule has 3 fully saturated rings. The van der Waals surface area contributed by atoms with Crippen LogP contribution in [-0.4, -0.2) is 42.9 Å². The molecule has 2 aliphatic carbocycles. The lowest BCUT2D eigenvalue weighted by molar-refractivity contribution is 0.188. The fraction of sp³-hybridized carbons (Fsp3) is 0.765. The molecule has 1 saturated heterocycles. The fourth-order valence-corrected chi connectivity index (χ4v) is 3.73. The number of nitrogens with zero attached hydrogens (tertiary/aromatic N) is 6. The van der Waals surface area contributed by atoms with Gasteiger partial charge in [-0.1, -0.05) is 5.16 Å². The molecule has 1 atom stereocenters. The van der Waals surface area contributed by atoms with Crippen molar-refractivity contribution in [3.8, 4) is 0 Å². The second kappa shape index (κ2) is 5.65. The minimum atomic E-state index is 0.381. The lowest BCUT2D eigenvalue weighted by atomic mass is 9.97. The van der Waals surface area contributed by atoms with Crippen molar-refractivity contribution in [1.82, 2.24) is 29.8 Å². The highest BCUT2D eigenvalue weighted by Crippen LogP contribution is 2.40. The van der Waals surface area contributed by atoms with Gasteiger partial charge < -0.3 is 9.09 Å². The van der Waals surface area contributed by atoms with Crippen molar-refractivity contribution in [2.75, 3.05) is 13.1 Å². The number of hydrogen-bond acceptors (Lipinski definition) is 6. The monoisotopic (exact) mass is 328 g/mol. The maximum Gasteiger partial charge on any atom is 0.229 e. The van der Waals surface area contributed by atoms with Gasteiger partial charge in [-0.15, -0.1) is 10.2 Å². The van der Waals surface area contributed by atoms with E-state index in [9.17, 15) is 0 Å². The van der Waals surface area contributed by atoms with Crippen molar-refractivity contribution in [2.45, 2.75) is 62.8 Å². The van der Waals surface area contributed by atoms with Crippen LogP contribution in [0.4, 0.5) is 0 Å². The minimum absolute atomic E-state index is 0.381. The third-order valence-corrected chi connectivity index (χ3v) is 5.56. The summed E-state index contributed by atoms with van der Waals surface area (Å²) in [5.41, 5.74) is 0. The molecule has 7 nitrogen and oxygen atoms in total. The van der Waals surface area contributed by atoms with Crippen molar-refractivity contribution >= 4 is 0 Å². The Balaban J connectivity index is 1.26. The molecule has 2 saturated carbocycles. The van der Waals surface area contributed by atoms with Crippen LogP contribution in [0.3, 0.4) is 0 Å². The van der Waals surface area contributed by atoms with Crippen LogP contribution in [-0.2, 0) is 13.6 Å². The largest absolute Gasteiger partial charge is 0.339 e. The zero-order valence-electron chi connectivity index (χ0n) is 14.2. The number of hydrogen-bond donors (Lipinski definition) is 0. The smallest absolute Gasteiger partial charge is 0.229 e. The SMILES string of the molecule is Cn1c(CN2CCCC(c3noc(C4CC4)n3)C2)nnc1C1CC1. The first kappa shape index (κ1) is 14.6. The normalized spacial score (nSPS) is 25.3. The van der Waals surface area contributed by atoms with Crippen molar-refractivity contribution in [2.24, 2.45) is 7.05 Å². The second-order valence-electron chi connectivity index (χ2n) is 7.65. The quantitative estimate of drug-likeness (QED) is 0.839. The molecule has 1 unspecified atom stereocenters. The Morgan fingerprint density at radius 3 is 2.67 bits per heavy atom. The van der Waals surface area contributed by atoms with Gasteiger partial charge in [-0.2, -0.15) is 4.98 Å². The standard InChI is InChI=1S/C17H24N6O/c1-22-14(19-20-16(22)11-4-5-11)10-23-8-2-3-13(9-23)15-18-17(24-21-15)12-6-7-12/h11-13H,2-10H2,1H3. The van der Waals surface area contributed by atoms with E-state index in [1.165, 1.54) is 32.1 Å². The summed E-state index contributed by atoms with van der Waals surface area (Å²) in [5, 5.41) is 13.1. The summed E-state index contributed by atoms with van der Waals surface area (Å²) >= 11 is 0. The van der Waals surface area contributed by atoms with Crippen LogP contribution in [0.25, 0.3) is 0 Å². The van der Waals surface area contributed by atoms with E-state index in [0.717, 1.165) is 49.4 Å². The molecular formula is C17H24N6O. The average Bonchev–Trinajstić information content (AvgIpc) is 3.53. The van der Waals surface area contributed by atoms with Crippen LogP contribution in [0.1, 0.15) is 79.6 Å².